The highest BCUT2D eigenvalue weighted by atomic mass is 35.5. The maximum atomic E-state index is 13.1. The lowest BCUT2D eigenvalue weighted by Crippen LogP contribution is -2.32. The second-order valence-corrected chi connectivity index (χ2v) is 12.9. The highest BCUT2D eigenvalue weighted by Crippen LogP contribution is 2.31. The fraction of sp³-hybridized carbons (Fsp3) is 0.182. The van der Waals surface area contributed by atoms with Gasteiger partial charge < -0.3 is 0 Å². The largest absolute Gasteiger partial charge is 0.243 e. The summed E-state index contributed by atoms with van der Waals surface area (Å²) >= 11 is 17.9. The maximum absolute atomic E-state index is 13.1. The standard InChI is InChI=1S/C22H18Cl3NO4S2/c23-17-3-7-20(8-4-17)31(27,28)22-9-10-26(14-22)32(29,30)21-5-1-15(2-6-21)16-11-18(24)13-19(25)12-16/h1-8,11-13,22H,9-10,14H2. The lowest BCUT2D eigenvalue weighted by atomic mass is 10.1. The van der Waals surface area contributed by atoms with Crippen molar-refractivity contribution in [2.45, 2.75) is 21.5 Å². The molecule has 3 aromatic rings. The van der Waals surface area contributed by atoms with E-state index in [4.69, 9.17) is 34.8 Å². The average molecular weight is 531 g/mol. The molecule has 5 nitrogen and oxygen atoms in total. The first-order valence-corrected chi connectivity index (χ1v) is 13.8. The van der Waals surface area contributed by atoms with Crippen molar-refractivity contribution in [2.24, 2.45) is 0 Å². The molecule has 10 heteroatoms. The normalized spacial score (nSPS) is 17.5. The monoisotopic (exact) mass is 529 g/mol. The Balaban J connectivity index is 1.54. The summed E-state index contributed by atoms with van der Waals surface area (Å²) in [6, 6.07) is 17.3. The van der Waals surface area contributed by atoms with Crippen LogP contribution in [0, 0.1) is 0 Å². The number of nitrogens with zero attached hydrogens (tertiary/aromatic N) is 1. The number of hydrogen-bond acceptors (Lipinski definition) is 4. The highest BCUT2D eigenvalue weighted by Gasteiger charge is 2.39. The zero-order chi connectivity index (χ0) is 23.1. The number of sulfonamides is 1. The summed E-state index contributed by atoms with van der Waals surface area (Å²) in [4.78, 5) is 0.231. The van der Waals surface area contributed by atoms with Gasteiger partial charge in [0.15, 0.2) is 9.84 Å². The van der Waals surface area contributed by atoms with Gasteiger partial charge in [-0.25, -0.2) is 16.8 Å². The third kappa shape index (κ3) is 4.69. The van der Waals surface area contributed by atoms with Crippen LogP contribution in [0.15, 0.2) is 76.5 Å². The summed E-state index contributed by atoms with van der Waals surface area (Å²) in [5.41, 5.74) is 1.53. The van der Waals surface area contributed by atoms with E-state index in [1.165, 1.54) is 40.7 Å². The molecule has 1 aliphatic heterocycles. The Morgan fingerprint density at radius 2 is 1.25 bits per heavy atom. The molecular weight excluding hydrogens is 513 g/mol. The van der Waals surface area contributed by atoms with Crippen LogP contribution in [0.25, 0.3) is 11.1 Å². The van der Waals surface area contributed by atoms with E-state index >= 15 is 0 Å². The Morgan fingerprint density at radius 3 is 1.84 bits per heavy atom. The van der Waals surface area contributed by atoms with Crippen LogP contribution in [0.2, 0.25) is 15.1 Å². The van der Waals surface area contributed by atoms with Crippen molar-refractivity contribution in [3.05, 3.63) is 81.8 Å². The van der Waals surface area contributed by atoms with Crippen molar-refractivity contribution in [3.8, 4) is 11.1 Å². The molecule has 1 atom stereocenters. The van der Waals surface area contributed by atoms with E-state index in [1.54, 1.807) is 30.3 Å². The van der Waals surface area contributed by atoms with Gasteiger partial charge in [-0.05, 0) is 72.1 Å². The van der Waals surface area contributed by atoms with Gasteiger partial charge in [-0.3, -0.25) is 0 Å². The first-order valence-electron chi connectivity index (χ1n) is 9.63. The molecule has 0 spiro atoms. The van der Waals surface area contributed by atoms with E-state index in [1.807, 2.05) is 0 Å². The van der Waals surface area contributed by atoms with E-state index in [2.05, 4.69) is 0 Å². The zero-order valence-electron chi connectivity index (χ0n) is 16.6. The Bertz CT molecular complexity index is 1340. The molecule has 1 saturated heterocycles. The summed E-state index contributed by atoms with van der Waals surface area (Å²) in [7, 11) is -7.51. The SMILES string of the molecule is O=S(=O)(c1ccc(Cl)cc1)C1CCN(S(=O)(=O)c2ccc(-c3cc(Cl)cc(Cl)c3)cc2)C1. The molecule has 0 bridgehead atoms. The fourth-order valence-electron chi connectivity index (χ4n) is 3.67. The molecule has 0 aromatic heterocycles. The van der Waals surface area contributed by atoms with Gasteiger partial charge in [-0.2, -0.15) is 4.31 Å². The lowest BCUT2D eigenvalue weighted by Gasteiger charge is -2.17. The number of sulfone groups is 1. The molecule has 168 valence electrons. The van der Waals surface area contributed by atoms with Crippen LogP contribution in [0.5, 0.6) is 0 Å². The minimum atomic E-state index is -3.84. The topological polar surface area (TPSA) is 71.5 Å². The Kier molecular flexibility index (Phi) is 6.60. The quantitative estimate of drug-likeness (QED) is 0.433. The first kappa shape index (κ1) is 23.5. The van der Waals surface area contributed by atoms with E-state index in [-0.39, 0.29) is 29.3 Å². The van der Waals surface area contributed by atoms with Crippen LogP contribution in [0.4, 0.5) is 0 Å². The van der Waals surface area contributed by atoms with Crippen LogP contribution in [-0.4, -0.2) is 39.5 Å². The highest BCUT2D eigenvalue weighted by molar-refractivity contribution is 7.92. The van der Waals surface area contributed by atoms with Gasteiger partial charge in [0.2, 0.25) is 10.0 Å². The van der Waals surface area contributed by atoms with Crippen LogP contribution in [-0.2, 0) is 19.9 Å². The van der Waals surface area contributed by atoms with Gasteiger partial charge in [0, 0.05) is 28.2 Å². The Morgan fingerprint density at radius 1 is 0.688 bits per heavy atom. The smallest absolute Gasteiger partial charge is 0.223 e. The second-order valence-electron chi connectivity index (χ2n) is 7.46. The van der Waals surface area contributed by atoms with Crippen LogP contribution in [0.1, 0.15) is 6.42 Å². The van der Waals surface area contributed by atoms with E-state index in [0.29, 0.717) is 15.1 Å². The third-order valence-corrected chi connectivity index (χ3v) is 10.1. The van der Waals surface area contributed by atoms with Gasteiger partial charge in [0.1, 0.15) is 0 Å². The van der Waals surface area contributed by atoms with Crippen molar-refractivity contribution in [1.29, 1.82) is 0 Å². The number of halogens is 3. The molecule has 0 amide bonds. The molecule has 32 heavy (non-hydrogen) atoms. The zero-order valence-corrected chi connectivity index (χ0v) is 20.5. The third-order valence-electron chi connectivity index (χ3n) is 5.38. The summed E-state index contributed by atoms with van der Waals surface area (Å²) in [5, 5.41) is 0.581. The van der Waals surface area contributed by atoms with Gasteiger partial charge in [0.25, 0.3) is 0 Å². The van der Waals surface area contributed by atoms with E-state index in [9.17, 15) is 16.8 Å². The number of rotatable bonds is 5. The van der Waals surface area contributed by atoms with Crippen LogP contribution in [0.3, 0.4) is 0 Å². The van der Waals surface area contributed by atoms with Gasteiger partial charge in [-0.15, -0.1) is 0 Å². The van der Waals surface area contributed by atoms with Gasteiger partial charge >= 0.3 is 0 Å². The van der Waals surface area contributed by atoms with Gasteiger partial charge in [0.05, 0.1) is 15.0 Å². The molecule has 0 N–H and O–H groups in total. The lowest BCUT2D eigenvalue weighted by molar-refractivity contribution is 0.476. The molecular formula is C22H18Cl3NO4S2. The van der Waals surface area contributed by atoms with E-state index < -0.39 is 25.1 Å². The average Bonchev–Trinajstić information content (AvgIpc) is 3.26. The molecule has 4 rings (SSSR count). The maximum Gasteiger partial charge on any atom is 0.243 e. The molecule has 1 unspecified atom stereocenters. The van der Waals surface area contributed by atoms with Crippen LogP contribution < -0.4 is 0 Å². The molecule has 1 fully saturated rings. The Labute approximate surface area is 202 Å². The van der Waals surface area contributed by atoms with Crippen molar-refractivity contribution < 1.29 is 16.8 Å². The summed E-state index contributed by atoms with van der Waals surface area (Å²) in [6.07, 6.45) is 0.225. The number of benzene rings is 3. The first-order chi connectivity index (χ1) is 15.1. The Hall–Kier alpha value is -1.61. The van der Waals surface area contributed by atoms with Crippen molar-refractivity contribution >= 4 is 54.7 Å². The number of hydrogen-bond donors (Lipinski definition) is 0. The molecule has 1 heterocycles. The molecule has 3 aromatic carbocycles. The summed E-state index contributed by atoms with van der Waals surface area (Å²) < 4.78 is 53.3. The predicted molar refractivity (Wildman–Crippen MR) is 128 cm³/mol. The molecule has 0 saturated carbocycles. The minimum Gasteiger partial charge on any atom is -0.223 e. The van der Waals surface area contributed by atoms with Crippen molar-refractivity contribution in [3.63, 3.8) is 0 Å². The summed E-state index contributed by atoms with van der Waals surface area (Å²) in [5.74, 6) is 0. The summed E-state index contributed by atoms with van der Waals surface area (Å²) in [6.45, 7) is 0.0322. The van der Waals surface area contributed by atoms with Crippen LogP contribution >= 0.6 is 34.8 Å². The molecule has 0 radical (unpaired) electrons. The minimum absolute atomic E-state index is 0.0962. The predicted octanol–water partition coefficient (Wildman–Crippen LogP) is 5.55. The second kappa shape index (κ2) is 8.97. The fourth-order valence-corrected chi connectivity index (χ4v) is 7.61. The van der Waals surface area contributed by atoms with Crippen molar-refractivity contribution in [2.75, 3.05) is 13.1 Å². The van der Waals surface area contributed by atoms with Gasteiger partial charge in [-0.1, -0.05) is 46.9 Å². The van der Waals surface area contributed by atoms with Crippen molar-refractivity contribution in [1.82, 2.24) is 4.31 Å². The molecule has 1 aliphatic rings. The van der Waals surface area contributed by atoms with E-state index in [0.717, 1.165) is 11.1 Å². The molecule has 0 aliphatic carbocycles.